The lowest BCUT2D eigenvalue weighted by Crippen LogP contribution is -2.46. The number of esters is 1. The second-order valence-electron chi connectivity index (χ2n) is 9.48. The molecule has 0 radical (unpaired) electrons. The highest BCUT2D eigenvalue weighted by Gasteiger charge is 2.54. The minimum absolute atomic E-state index is 0.00327. The van der Waals surface area contributed by atoms with Crippen LogP contribution in [0.15, 0.2) is 48.7 Å². The molecule has 4 nitrogen and oxygen atoms in total. The quantitative estimate of drug-likeness (QED) is 0.722. The summed E-state index contributed by atoms with van der Waals surface area (Å²) in [4.78, 5) is 17.0. The van der Waals surface area contributed by atoms with E-state index in [1.54, 1.807) is 12.3 Å². The van der Waals surface area contributed by atoms with Gasteiger partial charge in [0.2, 0.25) is 0 Å². The van der Waals surface area contributed by atoms with E-state index in [4.69, 9.17) is 10.5 Å². The van der Waals surface area contributed by atoms with Crippen molar-refractivity contribution in [3.05, 3.63) is 60.2 Å². The van der Waals surface area contributed by atoms with Gasteiger partial charge >= 0.3 is 5.97 Å². The molecule has 31 heavy (non-hydrogen) atoms. The Bertz CT molecular complexity index is 989. The fourth-order valence-corrected chi connectivity index (χ4v) is 6.17. The van der Waals surface area contributed by atoms with Crippen molar-refractivity contribution in [3.8, 4) is 11.1 Å². The number of aromatic nitrogens is 1. The molecule has 5 heteroatoms. The molecule has 3 aliphatic rings. The van der Waals surface area contributed by atoms with Crippen molar-refractivity contribution >= 4 is 12.0 Å². The summed E-state index contributed by atoms with van der Waals surface area (Å²) in [5.74, 6) is 1.23. The van der Waals surface area contributed by atoms with Crippen molar-refractivity contribution in [1.82, 2.24) is 4.98 Å². The standard InChI is InChI=1S/C26H29FN2O2/c1-15-25-22(23-13-20(28)7-5-17(23)12-24(25)26(30)31-15)10-9-21-8-6-18(14-29-21)16-3-2-4-19(27)11-16/h2-4,6,8-11,14-15,17,20,22-25H,5,7,12-13,28H2,1H3/b10-9+/t15-,17+,20+,22+,23-,24-,25+/m1/s1. The molecule has 0 spiro atoms. The van der Waals surface area contributed by atoms with Gasteiger partial charge in [-0.15, -0.1) is 0 Å². The average molecular weight is 421 g/mol. The van der Waals surface area contributed by atoms with E-state index in [1.807, 2.05) is 25.1 Å². The van der Waals surface area contributed by atoms with Crippen molar-refractivity contribution in [1.29, 1.82) is 0 Å². The van der Waals surface area contributed by atoms with Crippen LogP contribution in [0.4, 0.5) is 4.39 Å². The third-order valence-electron chi connectivity index (χ3n) is 7.63. The zero-order chi connectivity index (χ0) is 21.5. The van der Waals surface area contributed by atoms with Crippen LogP contribution in [0.2, 0.25) is 0 Å². The number of nitrogens with two attached hydrogens (primary N) is 1. The maximum absolute atomic E-state index is 13.5. The van der Waals surface area contributed by atoms with Crippen LogP contribution in [0.25, 0.3) is 17.2 Å². The molecule has 5 rings (SSSR count). The molecule has 1 aliphatic heterocycles. The highest BCUT2D eigenvalue weighted by Crippen LogP contribution is 2.53. The van der Waals surface area contributed by atoms with Crippen LogP contribution < -0.4 is 5.73 Å². The van der Waals surface area contributed by atoms with E-state index in [9.17, 15) is 9.18 Å². The predicted molar refractivity (Wildman–Crippen MR) is 118 cm³/mol. The minimum atomic E-state index is -0.254. The Balaban J connectivity index is 1.40. The first-order valence-corrected chi connectivity index (χ1v) is 11.4. The summed E-state index contributed by atoms with van der Waals surface area (Å²) in [5, 5.41) is 0. The number of ether oxygens (including phenoxy) is 1. The molecule has 2 heterocycles. The number of hydrogen-bond donors (Lipinski definition) is 1. The van der Waals surface area contributed by atoms with Crippen LogP contribution in [0.1, 0.15) is 38.3 Å². The molecular formula is C26H29FN2O2. The van der Waals surface area contributed by atoms with Gasteiger partial charge in [0.05, 0.1) is 11.6 Å². The molecule has 7 atom stereocenters. The van der Waals surface area contributed by atoms with Crippen molar-refractivity contribution in [2.75, 3.05) is 0 Å². The van der Waals surface area contributed by atoms with E-state index in [-0.39, 0.29) is 41.7 Å². The van der Waals surface area contributed by atoms with Crippen LogP contribution in [0.3, 0.4) is 0 Å². The second kappa shape index (κ2) is 8.19. The van der Waals surface area contributed by atoms with Gasteiger partial charge in [-0.3, -0.25) is 9.78 Å². The van der Waals surface area contributed by atoms with Gasteiger partial charge in [0, 0.05) is 23.7 Å². The normalized spacial score (nSPS) is 34.9. The number of hydrogen-bond acceptors (Lipinski definition) is 4. The molecule has 2 aliphatic carbocycles. The van der Waals surface area contributed by atoms with Gasteiger partial charge in [0.1, 0.15) is 11.9 Å². The van der Waals surface area contributed by atoms with Crippen molar-refractivity contribution in [3.63, 3.8) is 0 Å². The van der Waals surface area contributed by atoms with Crippen molar-refractivity contribution < 1.29 is 13.9 Å². The van der Waals surface area contributed by atoms with Crippen LogP contribution in [-0.2, 0) is 9.53 Å². The molecule has 2 aromatic rings. The van der Waals surface area contributed by atoms with Crippen LogP contribution in [-0.4, -0.2) is 23.1 Å². The van der Waals surface area contributed by atoms with E-state index in [2.05, 4.69) is 17.1 Å². The first kappa shape index (κ1) is 20.4. The molecule has 0 bridgehead atoms. The summed E-state index contributed by atoms with van der Waals surface area (Å²) in [6, 6.07) is 10.7. The maximum Gasteiger partial charge on any atom is 0.309 e. The Morgan fingerprint density at radius 2 is 2.03 bits per heavy atom. The maximum atomic E-state index is 13.5. The first-order chi connectivity index (χ1) is 15.0. The molecule has 1 saturated heterocycles. The SMILES string of the molecule is C[C@H]1OC(=O)[C@@H]2C[C@@H]3CC[C@H](N)C[C@H]3[C@H](/C=C/c3ccc(-c4cccc(F)c4)cn3)[C@H]12. The summed E-state index contributed by atoms with van der Waals surface area (Å²) >= 11 is 0. The van der Waals surface area contributed by atoms with Crippen LogP contribution in [0.5, 0.6) is 0 Å². The van der Waals surface area contributed by atoms with E-state index in [1.165, 1.54) is 12.1 Å². The Morgan fingerprint density at radius 1 is 1.16 bits per heavy atom. The molecule has 3 fully saturated rings. The lowest BCUT2D eigenvalue weighted by Gasteiger charge is -2.47. The molecular weight excluding hydrogens is 391 g/mol. The Hall–Kier alpha value is -2.53. The minimum Gasteiger partial charge on any atom is -0.462 e. The van der Waals surface area contributed by atoms with E-state index >= 15 is 0 Å². The number of allylic oxidation sites excluding steroid dienone is 1. The number of carbonyl (C=O) groups is 1. The molecule has 0 unspecified atom stereocenters. The Labute approximate surface area is 182 Å². The number of fused-ring (bicyclic) bond motifs is 2. The fraction of sp³-hybridized carbons (Fsp3) is 0.462. The largest absolute Gasteiger partial charge is 0.462 e. The smallest absolute Gasteiger partial charge is 0.309 e. The Kier molecular flexibility index (Phi) is 5.39. The van der Waals surface area contributed by atoms with Crippen molar-refractivity contribution in [2.45, 2.75) is 44.8 Å². The number of rotatable bonds is 3. The molecule has 2 N–H and O–H groups in total. The lowest BCUT2D eigenvalue weighted by atomic mass is 9.57. The predicted octanol–water partition coefficient (Wildman–Crippen LogP) is 4.84. The average Bonchev–Trinajstić information content (AvgIpc) is 3.05. The lowest BCUT2D eigenvalue weighted by molar-refractivity contribution is -0.144. The van der Waals surface area contributed by atoms with Crippen LogP contribution in [0, 0.1) is 35.4 Å². The number of carbonyl (C=O) groups excluding carboxylic acids is 1. The number of halogens is 1. The highest BCUT2D eigenvalue weighted by atomic mass is 19.1. The fourth-order valence-electron chi connectivity index (χ4n) is 6.17. The topological polar surface area (TPSA) is 65.2 Å². The van der Waals surface area contributed by atoms with Gasteiger partial charge in [-0.05, 0) is 80.2 Å². The monoisotopic (exact) mass is 420 g/mol. The molecule has 1 aromatic carbocycles. The molecule has 1 aromatic heterocycles. The summed E-state index contributed by atoms with van der Waals surface area (Å²) < 4.78 is 19.2. The summed E-state index contributed by atoms with van der Waals surface area (Å²) in [6.07, 6.45) is 10.1. The summed E-state index contributed by atoms with van der Waals surface area (Å²) in [5.41, 5.74) is 8.89. The Morgan fingerprint density at radius 3 is 2.81 bits per heavy atom. The highest BCUT2D eigenvalue weighted by molar-refractivity contribution is 5.75. The van der Waals surface area contributed by atoms with Crippen LogP contribution >= 0.6 is 0 Å². The van der Waals surface area contributed by atoms with Gasteiger partial charge in [0.15, 0.2) is 0 Å². The van der Waals surface area contributed by atoms with Gasteiger partial charge in [0.25, 0.3) is 0 Å². The molecule has 162 valence electrons. The summed E-state index contributed by atoms with van der Waals surface area (Å²) in [7, 11) is 0. The zero-order valence-electron chi connectivity index (χ0n) is 17.8. The summed E-state index contributed by atoms with van der Waals surface area (Å²) in [6.45, 7) is 2.03. The van der Waals surface area contributed by atoms with Gasteiger partial charge < -0.3 is 10.5 Å². The number of pyridine rings is 1. The van der Waals surface area contributed by atoms with Crippen molar-refractivity contribution in [2.24, 2.45) is 35.3 Å². The molecule has 0 amide bonds. The first-order valence-electron chi connectivity index (χ1n) is 11.4. The third-order valence-corrected chi connectivity index (χ3v) is 7.63. The van der Waals surface area contributed by atoms with E-state index < -0.39 is 0 Å². The van der Waals surface area contributed by atoms with Gasteiger partial charge in [-0.25, -0.2) is 4.39 Å². The van der Waals surface area contributed by atoms with E-state index in [0.29, 0.717) is 11.8 Å². The van der Waals surface area contributed by atoms with Gasteiger partial charge in [-0.1, -0.05) is 24.3 Å². The number of nitrogens with zero attached hydrogens (tertiary/aromatic N) is 1. The number of cyclic esters (lactones) is 1. The van der Waals surface area contributed by atoms with Gasteiger partial charge in [-0.2, -0.15) is 0 Å². The molecule has 2 saturated carbocycles. The second-order valence-corrected chi connectivity index (χ2v) is 9.48. The number of benzene rings is 1. The zero-order valence-corrected chi connectivity index (χ0v) is 17.8. The third kappa shape index (κ3) is 3.91. The van der Waals surface area contributed by atoms with E-state index in [0.717, 1.165) is 42.5 Å².